The summed E-state index contributed by atoms with van der Waals surface area (Å²) in [4.78, 5) is 23.4. The van der Waals surface area contributed by atoms with Crippen molar-refractivity contribution in [3.63, 3.8) is 0 Å². The maximum atomic E-state index is 12.6. The number of benzene rings is 1. The van der Waals surface area contributed by atoms with E-state index in [1.165, 1.54) is 0 Å². The fraction of sp³-hybridized carbons (Fsp3) is 0.350. The lowest BCUT2D eigenvalue weighted by molar-refractivity contribution is 0.0706. The van der Waals surface area contributed by atoms with Crippen molar-refractivity contribution in [2.75, 3.05) is 13.1 Å². The molecule has 0 saturated carbocycles. The number of aromatic nitrogens is 2. The highest BCUT2D eigenvalue weighted by atomic mass is 16.3. The lowest BCUT2D eigenvalue weighted by atomic mass is 9.96. The van der Waals surface area contributed by atoms with Crippen molar-refractivity contribution in [2.24, 2.45) is 0 Å². The third kappa shape index (κ3) is 3.02. The molecule has 3 aromatic rings. The largest absolute Gasteiger partial charge is 0.440 e. The van der Waals surface area contributed by atoms with Crippen molar-refractivity contribution in [1.29, 1.82) is 0 Å². The Labute approximate surface area is 146 Å². The van der Waals surface area contributed by atoms with Crippen LogP contribution in [-0.4, -0.2) is 33.9 Å². The number of pyridine rings is 1. The molecule has 0 radical (unpaired) electrons. The van der Waals surface area contributed by atoms with Crippen LogP contribution in [0.4, 0.5) is 0 Å². The predicted octanol–water partition coefficient (Wildman–Crippen LogP) is 3.86. The standard InChI is InChI=1S/C20H21N3O2/c1-13-4-3-5-17-18(13)25-19(22-17)15-7-10-23(11-8-15)20(24)16-6-9-21-14(2)12-16/h3-6,9,12,15H,7-8,10-11H2,1-2H3. The van der Waals surface area contributed by atoms with Crippen molar-refractivity contribution in [3.8, 4) is 0 Å². The van der Waals surface area contributed by atoms with E-state index in [4.69, 9.17) is 4.42 Å². The van der Waals surface area contributed by atoms with Crippen LogP contribution in [0, 0.1) is 13.8 Å². The van der Waals surface area contributed by atoms with E-state index in [9.17, 15) is 4.79 Å². The monoisotopic (exact) mass is 335 g/mol. The van der Waals surface area contributed by atoms with Crippen molar-refractivity contribution in [1.82, 2.24) is 14.9 Å². The number of aryl methyl sites for hydroxylation is 2. The Hall–Kier alpha value is -2.69. The molecule has 0 atom stereocenters. The van der Waals surface area contributed by atoms with Crippen LogP contribution in [0.25, 0.3) is 11.1 Å². The summed E-state index contributed by atoms with van der Waals surface area (Å²) in [6, 6.07) is 9.65. The normalized spacial score (nSPS) is 15.7. The predicted molar refractivity (Wildman–Crippen MR) is 95.6 cm³/mol. The van der Waals surface area contributed by atoms with Crippen LogP contribution in [-0.2, 0) is 0 Å². The van der Waals surface area contributed by atoms with Crippen LogP contribution in [0.3, 0.4) is 0 Å². The smallest absolute Gasteiger partial charge is 0.253 e. The first-order valence-electron chi connectivity index (χ1n) is 8.70. The van der Waals surface area contributed by atoms with Gasteiger partial charge in [0.1, 0.15) is 5.52 Å². The van der Waals surface area contributed by atoms with Crippen LogP contribution >= 0.6 is 0 Å². The van der Waals surface area contributed by atoms with Crippen LogP contribution in [0.5, 0.6) is 0 Å². The highest BCUT2D eigenvalue weighted by molar-refractivity contribution is 5.94. The summed E-state index contributed by atoms with van der Waals surface area (Å²) in [5, 5.41) is 0. The van der Waals surface area contributed by atoms with E-state index in [2.05, 4.69) is 9.97 Å². The lowest BCUT2D eigenvalue weighted by Gasteiger charge is -2.30. The maximum Gasteiger partial charge on any atom is 0.253 e. The third-order valence-corrected chi connectivity index (χ3v) is 4.90. The molecule has 25 heavy (non-hydrogen) atoms. The Morgan fingerprint density at radius 3 is 2.72 bits per heavy atom. The van der Waals surface area contributed by atoms with E-state index < -0.39 is 0 Å². The van der Waals surface area contributed by atoms with E-state index in [1.807, 2.05) is 43.0 Å². The fourth-order valence-corrected chi connectivity index (χ4v) is 3.47. The molecule has 0 unspecified atom stereocenters. The highest BCUT2D eigenvalue weighted by Gasteiger charge is 2.27. The van der Waals surface area contributed by atoms with Gasteiger partial charge in [-0.05, 0) is 50.5 Å². The van der Waals surface area contributed by atoms with Gasteiger partial charge in [0.05, 0.1) is 0 Å². The SMILES string of the molecule is Cc1cc(C(=O)N2CCC(c3nc4cccc(C)c4o3)CC2)ccn1. The van der Waals surface area contributed by atoms with Gasteiger partial charge in [0, 0.05) is 36.5 Å². The average molecular weight is 335 g/mol. The van der Waals surface area contributed by atoms with Crippen molar-refractivity contribution < 1.29 is 9.21 Å². The molecular formula is C20H21N3O2. The van der Waals surface area contributed by atoms with Gasteiger partial charge in [-0.25, -0.2) is 4.98 Å². The molecule has 3 heterocycles. The number of piperidine rings is 1. The molecule has 4 rings (SSSR count). The summed E-state index contributed by atoms with van der Waals surface area (Å²) in [6.45, 7) is 5.39. The minimum absolute atomic E-state index is 0.0809. The second-order valence-corrected chi connectivity index (χ2v) is 6.73. The van der Waals surface area contributed by atoms with Gasteiger partial charge in [-0.1, -0.05) is 12.1 Å². The number of oxazole rings is 1. The molecule has 2 aromatic heterocycles. The molecule has 0 spiro atoms. The molecule has 1 aliphatic rings. The number of para-hydroxylation sites is 1. The average Bonchev–Trinajstić information content (AvgIpc) is 3.07. The van der Waals surface area contributed by atoms with E-state index >= 15 is 0 Å². The Morgan fingerprint density at radius 1 is 1.20 bits per heavy atom. The number of likely N-dealkylation sites (tertiary alicyclic amines) is 1. The molecule has 5 heteroatoms. The van der Waals surface area contributed by atoms with Crippen molar-refractivity contribution in [2.45, 2.75) is 32.6 Å². The van der Waals surface area contributed by atoms with Crippen LogP contribution in [0.2, 0.25) is 0 Å². The first-order valence-corrected chi connectivity index (χ1v) is 8.70. The molecule has 0 N–H and O–H groups in total. The zero-order chi connectivity index (χ0) is 17.4. The molecule has 128 valence electrons. The number of hydrogen-bond acceptors (Lipinski definition) is 4. The number of rotatable bonds is 2. The van der Waals surface area contributed by atoms with Gasteiger partial charge in [-0.15, -0.1) is 0 Å². The second kappa shape index (κ2) is 6.31. The van der Waals surface area contributed by atoms with Gasteiger partial charge in [0.15, 0.2) is 11.5 Å². The Bertz CT molecular complexity index is 924. The molecule has 0 bridgehead atoms. The topological polar surface area (TPSA) is 59.2 Å². The summed E-state index contributed by atoms with van der Waals surface area (Å²) in [5.74, 6) is 1.16. The number of hydrogen-bond donors (Lipinski definition) is 0. The second-order valence-electron chi connectivity index (χ2n) is 6.73. The molecule has 0 aliphatic carbocycles. The van der Waals surface area contributed by atoms with Gasteiger partial charge < -0.3 is 9.32 Å². The van der Waals surface area contributed by atoms with Gasteiger partial charge in [-0.3, -0.25) is 9.78 Å². The summed E-state index contributed by atoms with van der Waals surface area (Å²) in [6.07, 6.45) is 3.44. The zero-order valence-electron chi connectivity index (χ0n) is 14.5. The maximum absolute atomic E-state index is 12.6. The number of fused-ring (bicyclic) bond motifs is 1. The fourth-order valence-electron chi connectivity index (χ4n) is 3.47. The Balaban J connectivity index is 1.47. The number of carbonyl (C=O) groups is 1. The van der Waals surface area contributed by atoms with Crippen LogP contribution < -0.4 is 0 Å². The molecule has 1 aromatic carbocycles. The summed E-state index contributed by atoms with van der Waals surface area (Å²) in [5.41, 5.74) is 4.48. The minimum Gasteiger partial charge on any atom is -0.440 e. The minimum atomic E-state index is 0.0809. The molecule has 1 aliphatic heterocycles. The Kier molecular flexibility index (Phi) is 3.99. The first-order chi connectivity index (χ1) is 12.1. The molecular weight excluding hydrogens is 314 g/mol. The first kappa shape index (κ1) is 15.8. The third-order valence-electron chi connectivity index (χ3n) is 4.90. The van der Waals surface area contributed by atoms with Gasteiger partial charge in [0.25, 0.3) is 5.91 Å². The highest BCUT2D eigenvalue weighted by Crippen LogP contribution is 2.31. The molecule has 5 nitrogen and oxygen atoms in total. The summed E-state index contributed by atoms with van der Waals surface area (Å²) < 4.78 is 6.01. The van der Waals surface area contributed by atoms with Crippen LogP contribution in [0.1, 0.15) is 46.3 Å². The van der Waals surface area contributed by atoms with Gasteiger partial charge >= 0.3 is 0 Å². The van der Waals surface area contributed by atoms with Crippen molar-refractivity contribution >= 4 is 17.0 Å². The van der Waals surface area contributed by atoms with E-state index in [1.54, 1.807) is 12.3 Å². The van der Waals surface area contributed by atoms with Gasteiger partial charge in [-0.2, -0.15) is 0 Å². The van der Waals surface area contributed by atoms with E-state index in [0.29, 0.717) is 5.56 Å². The van der Waals surface area contributed by atoms with Gasteiger partial charge in [0.2, 0.25) is 0 Å². The quantitative estimate of drug-likeness (QED) is 0.713. The van der Waals surface area contributed by atoms with E-state index in [-0.39, 0.29) is 11.8 Å². The summed E-state index contributed by atoms with van der Waals surface area (Å²) in [7, 11) is 0. The van der Waals surface area contributed by atoms with Crippen LogP contribution in [0.15, 0.2) is 40.9 Å². The number of nitrogens with zero attached hydrogens (tertiary/aromatic N) is 3. The number of carbonyl (C=O) groups excluding carboxylic acids is 1. The Morgan fingerprint density at radius 2 is 2.00 bits per heavy atom. The van der Waals surface area contributed by atoms with E-state index in [0.717, 1.165) is 54.2 Å². The molecule has 1 amide bonds. The summed E-state index contributed by atoms with van der Waals surface area (Å²) >= 11 is 0. The lowest BCUT2D eigenvalue weighted by Crippen LogP contribution is -2.38. The number of amides is 1. The molecule has 1 saturated heterocycles. The zero-order valence-corrected chi connectivity index (χ0v) is 14.5. The molecule has 1 fully saturated rings. The van der Waals surface area contributed by atoms with Crippen molar-refractivity contribution in [3.05, 3.63) is 59.2 Å².